The van der Waals surface area contributed by atoms with Gasteiger partial charge in [0.1, 0.15) is 6.54 Å². The Morgan fingerprint density at radius 2 is 1.88 bits per heavy atom. The van der Waals surface area contributed by atoms with Crippen molar-refractivity contribution in [2.24, 2.45) is 5.10 Å². The van der Waals surface area contributed by atoms with E-state index in [0.717, 1.165) is 22.2 Å². The van der Waals surface area contributed by atoms with E-state index in [2.05, 4.69) is 16.6 Å². The van der Waals surface area contributed by atoms with Gasteiger partial charge in [-0.15, -0.1) is 0 Å². The third-order valence-corrected chi connectivity index (χ3v) is 4.13. The average Bonchev–Trinajstić information content (AvgIpc) is 2.97. The minimum absolute atomic E-state index is 0.189. The lowest BCUT2D eigenvalue weighted by Gasteiger charge is -2.08. The third-order valence-electron chi connectivity index (χ3n) is 4.13. The van der Waals surface area contributed by atoms with Gasteiger partial charge in [-0.3, -0.25) is 4.79 Å². The molecule has 1 aromatic heterocycles. The van der Waals surface area contributed by atoms with Crippen molar-refractivity contribution in [2.45, 2.75) is 13.5 Å². The van der Waals surface area contributed by atoms with E-state index in [-0.39, 0.29) is 12.5 Å². The van der Waals surface area contributed by atoms with Crippen LogP contribution in [0.2, 0.25) is 0 Å². The number of para-hydroxylation sites is 1. The molecular formula is C20H21N3O3. The van der Waals surface area contributed by atoms with Crippen LogP contribution in [0.15, 0.2) is 53.6 Å². The van der Waals surface area contributed by atoms with E-state index < -0.39 is 0 Å². The van der Waals surface area contributed by atoms with Crippen molar-refractivity contribution in [2.75, 3.05) is 14.2 Å². The summed E-state index contributed by atoms with van der Waals surface area (Å²) in [5, 5.41) is 5.15. The first-order valence-corrected chi connectivity index (χ1v) is 8.21. The molecule has 6 heteroatoms. The quantitative estimate of drug-likeness (QED) is 0.548. The first-order chi connectivity index (χ1) is 12.6. The highest BCUT2D eigenvalue weighted by molar-refractivity contribution is 5.85. The molecule has 0 atom stereocenters. The molecule has 0 aliphatic heterocycles. The number of nitrogens with zero attached hydrogens (tertiary/aromatic N) is 2. The molecule has 0 aliphatic carbocycles. The fourth-order valence-electron chi connectivity index (χ4n) is 2.85. The Balaban J connectivity index is 1.67. The molecule has 2 aromatic carbocycles. The monoisotopic (exact) mass is 351 g/mol. The van der Waals surface area contributed by atoms with Gasteiger partial charge < -0.3 is 14.0 Å². The largest absolute Gasteiger partial charge is 0.493 e. The minimum atomic E-state index is -0.189. The molecule has 3 rings (SSSR count). The number of nitrogens with one attached hydrogen (secondary N) is 1. The molecule has 0 radical (unpaired) electrons. The van der Waals surface area contributed by atoms with Crippen LogP contribution in [0.3, 0.4) is 0 Å². The van der Waals surface area contributed by atoms with Crippen molar-refractivity contribution in [3.8, 4) is 11.5 Å². The number of benzene rings is 2. The molecule has 1 N–H and O–H groups in total. The number of rotatable bonds is 6. The lowest BCUT2D eigenvalue weighted by Crippen LogP contribution is -2.23. The second-order valence-electron chi connectivity index (χ2n) is 5.84. The molecule has 3 aromatic rings. The van der Waals surface area contributed by atoms with Crippen molar-refractivity contribution in [1.29, 1.82) is 0 Å². The molecule has 0 saturated carbocycles. The normalized spacial score (nSPS) is 11.0. The van der Waals surface area contributed by atoms with Crippen molar-refractivity contribution in [3.05, 3.63) is 59.8 Å². The molecule has 6 nitrogen and oxygen atoms in total. The summed E-state index contributed by atoms with van der Waals surface area (Å²) in [4.78, 5) is 12.2. The van der Waals surface area contributed by atoms with Crippen molar-refractivity contribution < 1.29 is 14.3 Å². The topological polar surface area (TPSA) is 64.8 Å². The molecule has 134 valence electrons. The summed E-state index contributed by atoms with van der Waals surface area (Å²) < 4.78 is 12.4. The second-order valence-corrected chi connectivity index (χ2v) is 5.84. The van der Waals surface area contributed by atoms with Crippen LogP contribution in [0.1, 0.15) is 11.3 Å². The number of fused-ring (bicyclic) bond motifs is 1. The van der Waals surface area contributed by atoms with Gasteiger partial charge in [-0.25, -0.2) is 5.43 Å². The van der Waals surface area contributed by atoms with Gasteiger partial charge in [0.05, 0.1) is 20.4 Å². The number of hydrogen-bond donors (Lipinski definition) is 1. The Kier molecular flexibility index (Phi) is 5.22. The van der Waals surface area contributed by atoms with Crippen LogP contribution in [0, 0.1) is 6.92 Å². The second kappa shape index (κ2) is 7.74. The maximum absolute atomic E-state index is 12.2. The van der Waals surface area contributed by atoms with Gasteiger partial charge in [0, 0.05) is 11.2 Å². The Bertz CT molecular complexity index is 960. The molecule has 1 heterocycles. The molecule has 0 fully saturated rings. The zero-order valence-electron chi connectivity index (χ0n) is 15.0. The fourth-order valence-corrected chi connectivity index (χ4v) is 2.85. The molecule has 0 aliphatic rings. The zero-order chi connectivity index (χ0) is 18.5. The van der Waals surface area contributed by atoms with Crippen molar-refractivity contribution >= 4 is 23.0 Å². The van der Waals surface area contributed by atoms with Gasteiger partial charge in [-0.1, -0.05) is 18.2 Å². The fraction of sp³-hybridized carbons (Fsp3) is 0.200. The minimum Gasteiger partial charge on any atom is -0.493 e. The summed E-state index contributed by atoms with van der Waals surface area (Å²) in [5.74, 6) is 1.06. The van der Waals surface area contributed by atoms with E-state index >= 15 is 0 Å². The highest BCUT2D eigenvalue weighted by Gasteiger charge is 2.09. The maximum Gasteiger partial charge on any atom is 0.259 e. The molecule has 0 saturated heterocycles. The average molecular weight is 351 g/mol. The smallest absolute Gasteiger partial charge is 0.259 e. The molecule has 1 amide bonds. The van der Waals surface area contributed by atoms with Crippen LogP contribution in [-0.4, -0.2) is 30.9 Å². The Morgan fingerprint density at radius 3 is 2.65 bits per heavy atom. The number of methoxy groups -OCH3 is 2. The van der Waals surface area contributed by atoms with Crippen LogP contribution in [0.25, 0.3) is 10.9 Å². The van der Waals surface area contributed by atoms with Crippen LogP contribution >= 0.6 is 0 Å². The van der Waals surface area contributed by atoms with Gasteiger partial charge in [-0.2, -0.15) is 5.10 Å². The Hall–Kier alpha value is -3.28. The molecule has 26 heavy (non-hydrogen) atoms. The highest BCUT2D eigenvalue weighted by atomic mass is 16.5. The Morgan fingerprint density at radius 1 is 1.12 bits per heavy atom. The SMILES string of the molecule is COc1ccc(C=NNC(=O)Cn2c(C)cc3ccccc32)cc1OC. The lowest BCUT2D eigenvalue weighted by atomic mass is 10.2. The first kappa shape index (κ1) is 17.5. The summed E-state index contributed by atoms with van der Waals surface area (Å²) in [5.41, 5.74) is 5.43. The van der Waals surface area contributed by atoms with Crippen LogP contribution in [0.5, 0.6) is 11.5 Å². The number of hydrazone groups is 1. The molecule has 0 bridgehead atoms. The van der Waals surface area contributed by atoms with Crippen molar-refractivity contribution in [3.63, 3.8) is 0 Å². The van der Waals surface area contributed by atoms with Gasteiger partial charge in [0.2, 0.25) is 0 Å². The number of carbonyl (C=O) groups is 1. The predicted molar refractivity (Wildman–Crippen MR) is 102 cm³/mol. The standard InChI is InChI=1S/C20H21N3O3/c1-14-10-16-6-4-5-7-17(16)23(14)13-20(24)22-21-12-15-8-9-18(25-2)19(11-15)26-3/h4-12H,13H2,1-3H3,(H,22,24). The van der Waals surface area contributed by atoms with E-state index in [1.54, 1.807) is 32.6 Å². The number of carbonyl (C=O) groups excluding carboxylic acids is 1. The van der Waals surface area contributed by atoms with Crippen LogP contribution in [0.4, 0.5) is 0 Å². The predicted octanol–water partition coefficient (Wildman–Crippen LogP) is 3.12. The van der Waals surface area contributed by atoms with Gasteiger partial charge in [0.25, 0.3) is 5.91 Å². The lowest BCUT2D eigenvalue weighted by molar-refractivity contribution is -0.121. The van der Waals surface area contributed by atoms with E-state index in [1.165, 1.54) is 0 Å². The molecule has 0 spiro atoms. The number of aryl methyl sites for hydroxylation is 1. The summed E-state index contributed by atoms with van der Waals surface area (Å²) in [6, 6.07) is 15.5. The molecule has 0 unspecified atom stereocenters. The third kappa shape index (κ3) is 3.69. The first-order valence-electron chi connectivity index (χ1n) is 8.21. The van der Waals surface area contributed by atoms with Crippen LogP contribution < -0.4 is 14.9 Å². The summed E-state index contributed by atoms with van der Waals surface area (Å²) in [6.07, 6.45) is 1.57. The highest BCUT2D eigenvalue weighted by Crippen LogP contribution is 2.26. The molecular weight excluding hydrogens is 330 g/mol. The van der Waals surface area contributed by atoms with E-state index in [1.807, 2.05) is 41.8 Å². The van der Waals surface area contributed by atoms with E-state index in [0.29, 0.717) is 11.5 Å². The van der Waals surface area contributed by atoms with Gasteiger partial charge in [0.15, 0.2) is 11.5 Å². The number of amides is 1. The maximum atomic E-state index is 12.2. The van der Waals surface area contributed by atoms with E-state index in [9.17, 15) is 4.79 Å². The van der Waals surface area contributed by atoms with Gasteiger partial charge >= 0.3 is 0 Å². The Labute approximate surface area is 152 Å². The van der Waals surface area contributed by atoms with Crippen molar-refractivity contribution in [1.82, 2.24) is 9.99 Å². The summed E-state index contributed by atoms with van der Waals surface area (Å²) in [6.45, 7) is 2.20. The summed E-state index contributed by atoms with van der Waals surface area (Å²) >= 11 is 0. The number of ether oxygens (including phenoxy) is 2. The number of aromatic nitrogens is 1. The summed E-state index contributed by atoms with van der Waals surface area (Å²) in [7, 11) is 3.16. The van der Waals surface area contributed by atoms with E-state index in [4.69, 9.17) is 9.47 Å². The van der Waals surface area contributed by atoms with Crippen LogP contribution in [-0.2, 0) is 11.3 Å². The zero-order valence-corrected chi connectivity index (χ0v) is 15.0. The number of hydrogen-bond acceptors (Lipinski definition) is 4. The van der Waals surface area contributed by atoms with Gasteiger partial charge in [-0.05, 0) is 48.2 Å².